The van der Waals surface area contributed by atoms with Crippen LogP contribution in [0.4, 0.5) is 5.69 Å². The molecular formula is C21H29N3S. The Kier molecular flexibility index (Phi) is 7.41. The molecule has 4 heteroatoms. The van der Waals surface area contributed by atoms with E-state index in [9.17, 15) is 0 Å². The molecule has 0 aliphatic carbocycles. The monoisotopic (exact) mass is 355 g/mol. The smallest absolute Gasteiger partial charge is 0.171 e. The van der Waals surface area contributed by atoms with Crippen molar-refractivity contribution in [3.05, 3.63) is 64.7 Å². The Morgan fingerprint density at radius 2 is 1.60 bits per heavy atom. The maximum absolute atomic E-state index is 5.42. The maximum Gasteiger partial charge on any atom is 0.171 e. The van der Waals surface area contributed by atoms with E-state index in [4.69, 9.17) is 12.2 Å². The van der Waals surface area contributed by atoms with Gasteiger partial charge in [-0.1, -0.05) is 50.2 Å². The summed E-state index contributed by atoms with van der Waals surface area (Å²) in [5, 5.41) is 7.23. The molecule has 0 fully saturated rings. The number of hydrogen-bond acceptors (Lipinski definition) is 2. The summed E-state index contributed by atoms with van der Waals surface area (Å²) in [6, 6.07) is 15.0. The first-order chi connectivity index (χ1) is 12.0. The van der Waals surface area contributed by atoms with Crippen molar-refractivity contribution < 1.29 is 0 Å². The van der Waals surface area contributed by atoms with Crippen LogP contribution in [0.15, 0.2) is 42.5 Å². The van der Waals surface area contributed by atoms with Crippen LogP contribution >= 0.6 is 12.2 Å². The number of benzene rings is 2. The summed E-state index contributed by atoms with van der Waals surface area (Å²) in [7, 11) is 0. The average Bonchev–Trinajstić information content (AvgIpc) is 2.63. The molecule has 0 amide bonds. The van der Waals surface area contributed by atoms with Crippen molar-refractivity contribution >= 4 is 23.0 Å². The van der Waals surface area contributed by atoms with Gasteiger partial charge in [0, 0.05) is 18.8 Å². The molecule has 0 aromatic heterocycles. The molecule has 0 heterocycles. The number of nitrogens with zero attached hydrogens (tertiary/aromatic N) is 1. The van der Waals surface area contributed by atoms with Gasteiger partial charge in [-0.05, 0) is 67.5 Å². The van der Waals surface area contributed by atoms with E-state index in [0.717, 1.165) is 31.9 Å². The highest BCUT2D eigenvalue weighted by molar-refractivity contribution is 7.80. The summed E-state index contributed by atoms with van der Waals surface area (Å²) in [6.07, 6.45) is 0. The van der Waals surface area contributed by atoms with Crippen molar-refractivity contribution in [1.29, 1.82) is 0 Å². The van der Waals surface area contributed by atoms with E-state index in [-0.39, 0.29) is 0 Å². The minimum Gasteiger partial charge on any atom is -0.358 e. The lowest BCUT2D eigenvalue weighted by Crippen LogP contribution is -2.28. The topological polar surface area (TPSA) is 27.3 Å². The molecule has 0 bridgehead atoms. The molecular weight excluding hydrogens is 326 g/mol. The van der Waals surface area contributed by atoms with Gasteiger partial charge in [-0.15, -0.1) is 0 Å². The highest BCUT2D eigenvalue weighted by Gasteiger charge is 2.04. The van der Waals surface area contributed by atoms with Crippen LogP contribution in [0.3, 0.4) is 0 Å². The van der Waals surface area contributed by atoms with Gasteiger partial charge in [0.05, 0.1) is 0 Å². The second-order valence-corrected chi connectivity index (χ2v) is 6.74. The predicted octanol–water partition coefficient (Wildman–Crippen LogP) is 4.63. The maximum atomic E-state index is 5.42. The van der Waals surface area contributed by atoms with Crippen LogP contribution in [0, 0.1) is 13.8 Å². The van der Waals surface area contributed by atoms with Gasteiger partial charge in [-0.25, -0.2) is 0 Å². The largest absolute Gasteiger partial charge is 0.358 e. The van der Waals surface area contributed by atoms with Crippen molar-refractivity contribution in [2.45, 2.75) is 40.8 Å². The van der Waals surface area contributed by atoms with E-state index >= 15 is 0 Å². The van der Waals surface area contributed by atoms with Crippen molar-refractivity contribution in [2.24, 2.45) is 0 Å². The highest BCUT2D eigenvalue weighted by atomic mass is 32.1. The summed E-state index contributed by atoms with van der Waals surface area (Å²) >= 11 is 5.42. The highest BCUT2D eigenvalue weighted by Crippen LogP contribution is 2.17. The molecule has 0 saturated heterocycles. The first kappa shape index (κ1) is 19.4. The Bertz CT molecular complexity index is 691. The number of thiocarbonyl (C=S) groups is 1. The van der Waals surface area contributed by atoms with Crippen molar-refractivity contribution in [3.63, 3.8) is 0 Å². The average molecular weight is 356 g/mol. The molecule has 134 valence electrons. The first-order valence-corrected chi connectivity index (χ1v) is 9.35. The van der Waals surface area contributed by atoms with E-state index in [1.165, 1.54) is 22.3 Å². The van der Waals surface area contributed by atoms with Gasteiger partial charge < -0.3 is 10.6 Å². The number of nitrogens with one attached hydrogen (secondary N) is 2. The Morgan fingerprint density at radius 1 is 0.960 bits per heavy atom. The lowest BCUT2D eigenvalue weighted by atomic mass is 10.1. The number of aryl methyl sites for hydroxylation is 1. The van der Waals surface area contributed by atoms with Crippen molar-refractivity contribution in [2.75, 3.05) is 18.4 Å². The lowest BCUT2D eigenvalue weighted by Gasteiger charge is -2.18. The quantitative estimate of drug-likeness (QED) is 0.708. The number of anilines is 1. The summed E-state index contributed by atoms with van der Waals surface area (Å²) in [5.74, 6) is 0. The van der Waals surface area contributed by atoms with E-state index in [1.54, 1.807) is 0 Å². The number of hydrogen-bond donors (Lipinski definition) is 2. The second-order valence-electron chi connectivity index (χ2n) is 6.33. The van der Waals surface area contributed by atoms with Gasteiger partial charge in [0.1, 0.15) is 0 Å². The van der Waals surface area contributed by atoms with Gasteiger partial charge in [-0.2, -0.15) is 0 Å². The minimum absolute atomic E-state index is 0.654. The molecule has 25 heavy (non-hydrogen) atoms. The lowest BCUT2D eigenvalue weighted by molar-refractivity contribution is 0.296. The Balaban J connectivity index is 1.86. The van der Waals surface area contributed by atoms with Gasteiger partial charge in [0.2, 0.25) is 0 Å². The van der Waals surface area contributed by atoms with Gasteiger partial charge in [0.25, 0.3) is 0 Å². The van der Waals surface area contributed by atoms with E-state index in [2.05, 4.69) is 79.6 Å². The predicted molar refractivity (Wildman–Crippen MR) is 112 cm³/mol. The van der Waals surface area contributed by atoms with Gasteiger partial charge in [-0.3, -0.25) is 4.90 Å². The molecule has 0 aliphatic heterocycles. The Morgan fingerprint density at radius 3 is 2.24 bits per heavy atom. The molecule has 3 nitrogen and oxygen atoms in total. The van der Waals surface area contributed by atoms with E-state index in [0.29, 0.717) is 5.11 Å². The van der Waals surface area contributed by atoms with E-state index in [1.807, 2.05) is 6.07 Å². The van der Waals surface area contributed by atoms with Crippen LogP contribution in [-0.4, -0.2) is 23.1 Å². The number of rotatable bonds is 7. The molecule has 2 N–H and O–H groups in total. The molecule has 0 aliphatic rings. The molecule has 0 spiro atoms. The van der Waals surface area contributed by atoms with Crippen LogP contribution in [0.5, 0.6) is 0 Å². The van der Waals surface area contributed by atoms with Crippen LogP contribution in [0.1, 0.15) is 36.1 Å². The van der Waals surface area contributed by atoms with Crippen LogP contribution in [-0.2, 0) is 13.1 Å². The SMILES string of the molecule is CCN(CC)Cc1ccc(CNC(=S)Nc2cccc(C)c2C)cc1. The summed E-state index contributed by atoms with van der Waals surface area (Å²) in [6.45, 7) is 12.5. The minimum atomic E-state index is 0.654. The zero-order valence-electron chi connectivity index (χ0n) is 15.7. The van der Waals surface area contributed by atoms with E-state index < -0.39 is 0 Å². The van der Waals surface area contributed by atoms with Crippen LogP contribution in [0.2, 0.25) is 0 Å². The van der Waals surface area contributed by atoms with Gasteiger partial charge in [0.15, 0.2) is 5.11 Å². The fourth-order valence-corrected chi connectivity index (χ4v) is 2.89. The molecule has 2 rings (SSSR count). The van der Waals surface area contributed by atoms with Crippen LogP contribution < -0.4 is 10.6 Å². The summed E-state index contributed by atoms with van der Waals surface area (Å²) < 4.78 is 0. The normalized spacial score (nSPS) is 10.8. The van der Waals surface area contributed by atoms with Crippen molar-refractivity contribution in [3.8, 4) is 0 Å². The summed E-state index contributed by atoms with van der Waals surface area (Å²) in [5.41, 5.74) is 6.13. The second kappa shape index (κ2) is 9.54. The molecule has 2 aromatic rings. The summed E-state index contributed by atoms with van der Waals surface area (Å²) in [4.78, 5) is 2.41. The first-order valence-electron chi connectivity index (χ1n) is 8.94. The van der Waals surface area contributed by atoms with Crippen LogP contribution in [0.25, 0.3) is 0 Å². The molecule has 0 atom stereocenters. The Labute approximate surface area is 157 Å². The van der Waals surface area contributed by atoms with Crippen molar-refractivity contribution in [1.82, 2.24) is 10.2 Å². The third kappa shape index (κ3) is 5.83. The Hall–Kier alpha value is -1.91. The molecule has 2 aromatic carbocycles. The van der Waals surface area contributed by atoms with Gasteiger partial charge >= 0.3 is 0 Å². The third-order valence-corrected chi connectivity index (χ3v) is 4.88. The fraction of sp³-hybridized carbons (Fsp3) is 0.381. The molecule has 0 saturated carbocycles. The molecule has 0 unspecified atom stereocenters. The fourth-order valence-electron chi connectivity index (χ4n) is 2.70. The standard InChI is InChI=1S/C21H29N3S/c1-5-24(6-2)15-19-12-10-18(11-13-19)14-22-21(25)23-20-9-7-8-16(3)17(20)4/h7-13H,5-6,14-15H2,1-4H3,(H2,22,23,25). The zero-order valence-corrected chi connectivity index (χ0v) is 16.5. The molecule has 0 radical (unpaired) electrons. The third-order valence-electron chi connectivity index (χ3n) is 4.63. The zero-order chi connectivity index (χ0) is 18.2.